The van der Waals surface area contributed by atoms with E-state index >= 15 is 0 Å². The normalized spacial score (nSPS) is 11.7. The molecule has 0 saturated carbocycles. The number of aromatic hydroxyl groups is 1. The number of nitrogens with one attached hydrogen (secondary N) is 3. The van der Waals surface area contributed by atoms with Crippen LogP contribution in [-0.2, 0) is 4.79 Å². The van der Waals surface area contributed by atoms with Crippen LogP contribution in [0.4, 0.5) is 11.4 Å². The number of anilines is 2. The minimum atomic E-state index is -0.494. The van der Waals surface area contributed by atoms with E-state index in [0.717, 1.165) is 18.5 Å². The van der Waals surface area contributed by atoms with Crippen molar-refractivity contribution in [3.05, 3.63) is 54.1 Å². The van der Waals surface area contributed by atoms with E-state index in [1.165, 1.54) is 25.0 Å². The van der Waals surface area contributed by atoms with Gasteiger partial charge in [0.15, 0.2) is 0 Å². The Labute approximate surface area is 179 Å². The molecule has 2 aromatic rings. The van der Waals surface area contributed by atoms with Crippen LogP contribution in [0.1, 0.15) is 63.2 Å². The van der Waals surface area contributed by atoms with Crippen LogP contribution in [0.25, 0.3) is 0 Å². The molecule has 6 nitrogen and oxygen atoms in total. The number of para-hydroxylation sites is 1. The molecule has 0 aliphatic carbocycles. The Morgan fingerprint density at radius 1 is 0.933 bits per heavy atom. The number of hydrogen-bond acceptors (Lipinski definition) is 4. The van der Waals surface area contributed by atoms with E-state index in [9.17, 15) is 14.7 Å². The van der Waals surface area contributed by atoms with E-state index in [0.29, 0.717) is 23.9 Å². The van der Waals surface area contributed by atoms with Gasteiger partial charge in [0.2, 0.25) is 5.91 Å². The van der Waals surface area contributed by atoms with Crippen LogP contribution in [0.15, 0.2) is 48.5 Å². The van der Waals surface area contributed by atoms with Crippen molar-refractivity contribution in [2.24, 2.45) is 11.8 Å². The highest BCUT2D eigenvalue weighted by Gasteiger charge is 2.14. The molecule has 0 bridgehead atoms. The van der Waals surface area contributed by atoms with Crippen LogP contribution in [-0.4, -0.2) is 16.9 Å². The lowest BCUT2D eigenvalue weighted by Gasteiger charge is -2.13. The Morgan fingerprint density at radius 2 is 1.67 bits per heavy atom. The van der Waals surface area contributed by atoms with Crippen LogP contribution in [0.2, 0.25) is 0 Å². The molecule has 30 heavy (non-hydrogen) atoms. The molecular formula is C24H33N3O3. The highest BCUT2D eigenvalue weighted by atomic mass is 16.3. The minimum Gasteiger partial charge on any atom is -0.507 e. The molecule has 162 valence electrons. The van der Waals surface area contributed by atoms with E-state index in [-0.39, 0.29) is 17.2 Å². The third kappa shape index (κ3) is 8.15. The van der Waals surface area contributed by atoms with Crippen molar-refractivity contribution in [2.45, 2.75) is 52.9 Å². The number of phenols is 1. The predicted octanol–water partition coefficient (Wildman–Crippen LogP) is 5.33. The van der Waals surface area contributed by atoms with Crippen LogP contribution < -0.4 is 16.2 Å². The van der Waals surface area contributed by atoms with Gasteiger partial charge in [0.05, 0.1) is 11.3 Å². The lowest BCUT2D eigenvalue weighted by atomic mass is 9.96. The molecule has 2 amide bonds. The fourth-order valence-electron chi connectivity index (χ4n) is 3.13. The summed E-state index contributed by atoms with van der Waals surface area (Å²) in [6, 6.07) is 13.6. The molecule has 0 heterocycles. The first kappa shape index (κ1) is 23.3. The topological polar surface area (TPSA) is 90.5 Å². The standard InChI is InChI=1S/C24H33N3O3/c1-17(2)8-7-9-18(3)12-15-23(29)25-20-13-14-22(28)21(16-20)24(30)27-26-19-10-5-4-6-11-19/h4-6,10-11,13-14,16-18,26,28H,7-9,12,15H2,1-3H3,(H,25,29)(H,27,30). The maximum atomic E-state index is 12.4. The fourth-order valence-corrected chi connectivity index (χ4v) is 3.13. The van der Waals surface area contributed by atoms with Gasteiger partial charge in [0.1, 0.15) is 5.75 Å². The van der Waals surface area contributed by atoms with Gasteiger partial charge >= 0.3 is 0 Å². The molecule has 0 aliphatic rings. The second-order valence-electron chi connectivity index (χ2n) is 8.19. The van der Waals surface area contributed by atoms with Crippen LogP contribution >= 0.6 is 0 Å². The number of rotatable bonds is 11. The quantitative estimate of drug-likeness (QED) is 0.297. The predicted molar refractivity (Wildman–Crippen MR) is 121 cm³/mol. The number of hydrazine groups is 1. The highest BCUT2D eigenvalue weighted by Crippen LogP contribution is 2.22. The molecule has 1 atom stereocenters. The van der Waals surface area contributed by atoms with Crippen LogP contribution in [0, 0.1) is 11.8 Å². The summed E-state index contributed by atoms with van der Waals surface area (Å²) in [5.74, 6) is 0.472. The van der Waals surface area contributed by atoms with Gasteiger partial charge < -0.3 is 10.4 Å². The maximum absolute atomic E-state index is 12.4. The van der Waals surface area contributed by atoms with Gasteiger partial charge in [0, 0.05) is 12.1 Å². The summed E-state index contributed by atoms with van der Waals surface area (Å²) in [7, 11) is 0. The average molecular weight is 412 g/mol. The van der Waals surface area contributed by atoms with Crippen molar-refractivity contribution >= 4 is 23.2 Å². The SMILES string of the molecule is CC(C)CCCC(C)CCC(=O)Nc1ccc(O)c(C(=O)NNc2ccccc2)c1. The zero-order chi connectivity index (χ0) is 21.9. The third-order valence-corrected chi connectivity index (χ3v) is 4.96. The molecule has 0 spiro atoms. The molecule has 1 unspecified atom stereocenters. The number of benzene rings is 2. The summed E-state index contributed by atoms with van der Waals surface area (Å²) in [4.78, 5) is 24.7. The summed E-state index contributed by atoms with van der Waals surface area (Å²) < 4.78 is 0. The van der Waals surface area contributed by atoms with E-state index < -0.39 is 5.91 Å². The van der Waals surface area contributed by atoms with Crippen molar-refractivity contribution in [3.8, 4) is 5.75 Å². The van der Waals surface area contributed by atoms with Crippen molar-refractivity contribution < 1.29 is 14.7 Å². The lowest BCUT2D eigenvalue weighted by molar-refractivity contribution is -0.116. The second kappa shape index (κ2) is 11.9. The molecule has 0 fully saturated rings. The van der Waals surface area contributed by atoms with E-state index in [1.54, 1.807) is 18.2 Å². The monoisotopic (exact) mass is 411 g/mol. The van der Waals surface area contributed by atoms with Gasteiger partial charge in [-0.15, -0.1) is 0 Å². The number of carbonyl (C=O) groups excluding carboxylic acids is 2. The minimum absolute atomic E-state index is 0.0817. The molecule has 0 saturated heterocycles. The molecule has 0 radical (unpaired) electrons. The molecule has 2 aromatic carbocycles. The van der Waals surface area contributed by atoms with Crippen molar-refractivity contribution in [1.82, 2.24) is 5.43 Å². The van der Waals surface area contributed by atoms with Crippen molar-refractivity contribution in [2.75, 3.05) is 10.7 Å². The smallest absolute Gasteiger partial charge is 0.273 e. The van der Waals surface area contributed by atoms with Gasteiger partial charge in [-0.3, -0.25) is 20.4 Å². The largest absolute Gasteiger partial charge is 0.507 e. The molecule has 0 aromatic heterocycles. The number of hydrogen-bond donors (Lipinski definition) is 4. The first-order chi connectivity index (χ1) is 14.3. The summed E-state index contributed by atoms with van der Waals surface area (Å²) in [5, 5.41) is 12.9. The van der Waals surface area contributed by atoms with Gasteiger partial charge in [-0.05, 0) is 48.6 Å². The molecule has 6 heteroatoms. The van der Waals surface area contributed by atoms with Crippen LogP contribution in [0.5, 0.6) is 5.75 Å². The molecule has 0 aliphatic heterocycles. The van der Waals surface area contributed by atoms with Crippen LogP contribution in [0.3, 0.4) is 0 Å². The van der Waals surface area contributed by atoms with Gasteiger partial charge in [0.25, 0.3) is 5.91 Å². The summed E-state index contributed by atoms with van der Waals surface area (Å²) in [6.07, 6.45) is 4.79. The van der Waals surface area contributed by atoms with Gasteiger partial charge in [-0.2, -0.15) is 0 Å². The highest BCUT2D eigenvalue weighted by molar-refractivity contribution is 5.99. The molecule has 2 rings (SSSR count). The first-order valence-electron chi connectivity index (χ1n) is 10.6. The molecule has 4 N–H and O–H groups in total. The second-order valence-corrected chi connectivity index (χ2v) is 8.19. The lowest BCUT2D eigenvalue weighted by Crippen LogP contribution is -2.29. The number of amides is 2. The van der Waals surface area contributed by atoms with Crippen molar-refractivity contribution in [3.63, 3.8) is 0 Å². The maximum Gasteiger partial charge on any atom is 0.273 e. The Bertz CT molecular complexity index is 822. The fraction of sp³-hybridized carbons (Fsp3) is 0.417. The number of carbonyl (C=O) groups is 2. The Kier molecular flexibility index (Phi) is 9.19. The summed E-state index contributed by atoms with van der Waals surface area (Å²) in [5.41, 5.74) is 6.61. The Morgan fingerprint density at radius 3 is 2.37 bits per heavy atom. The zero-order valence-corrected chi connectivity index (χ0v) is 18.1. The Balaban J connectivity index is 1.85. The van der Waals surface area contributed by atoms with E-state index in [4.69, 9.17) is 0 Å². The third-order valence-electron chi connectivity index (χ3n) is 4.96. The zero-order valence-electron chi connectivity index (χ0n) is 18.1. The summed E-state index contributed by atoms with van der Waals surface area (Å²) in [6.45, 7) is 6.63. The van der Waals surface area contributed by atoms with Crippen molar-refractivity contribution in [1.29, 1.82) is 0 Å². The Hall–Kier alpha value is -3.02. The van der Waals surface area contributed by atoms with E-state index in [2.05, 4.69) is 36.9 Å². The first-order valence-corrected chi connectivity index (χ1v) is 10.6. The van der Waals surface area contributed by atoms with Gasteiger partial charge in [-0.1, -0.05) is 58.2 Å². The van der Waals surface area contributed by atoms with E-state index in [1.807, 2.05) is 18.2 Å². The summed E-state index contributed by atoms with van der Waals surface area (Å²) >= 11 is 0. The average Bonchev–Trinajstić information content (AvgIpc) is 2.72. The molecular weight excluding hydrogens is 378 g/mol. The van der Waals surface area contributed by atoms with Gasteiger partial charge in [-0.25, -0.2) is 0 Å². The number of phenolic OH excluding ortho intramolecular Hbond substituents is 1.